The number of halogens is 3. The van der Waals surface area contributed by atoms with Crippen molar-refractivity contribution >= 4 is 28.3 Å². The summed E-state index contributed by atoms with van der Waals surface area (Å²) in [6.07, 6.45) is 2.36. The zero-order valence-electron chi connectivity index (χ0n) is 18.0. The maximum Gasteiger partial charge on any atom is 0.433 e. The molecular formula is C22H19F3N8O. The van der Waals surface area contributed by atoms with Gasteiger partial charge in [-0.05, 0) is 37.5 Å². The van der Waals surface area contributed by atoms with Crippen molar-refractivity contribution in [2.45, 2.75) is 25.4 Å². The molecule has 12 heteroatoms. The van der Waals surface area contributed by atoms with Gasteiger partial charge >= 0.3 is 6.18 Å². The van der Waals surface area contributed by atoms with Gasteiger partial charge in [-0.1, -0.05) is 0 Å². The van der Waals surface area contributed by atoms with Crippen molar-refractivity contribution in [3.05, 3.63) is 53.7 Å². The van der Waals surface area contributed by atoms with Crippen LogP contribution in [0.5, 0.6) is 0 Å². The molecule has 4 aromatic rings. The summed E-state index contributed by atoms with van der Waals surface area (Å²) in [6.45, 7) is -0.0574. The Morgan fingerprint density at radius 1 is 1.15 bits per heavy atom. The van der Waals surface area contributed by atoms with Crippen LogP contribution in [0, 0.1) is 0 Å². The van der Waals surface area contributed by atoms with Gasteiger partial charge in [-0.25, -0.2) is 15.0 Å². The lowest BCUT2D eigenvalue weighted by atomic mass is 10.2. The van der Waals surface area contributed by atoms with Crippen molar-refractivity contribution < 1.29 is 18.0 Å². The highest BCUT2D eigenvalue weighted by Gasteiger charge is 2.32. The van der Waals surface area contributed by atoms with E-state index in [1.54, 1.807) is 24.3 Å². The predicted octanol–water partition coefficient (Wildman–Crippen LogP) is 3.39. The molecule has 2 N–H and O–H groups in total. The maximum atomic E-state index is 12.7. The molecule has 0 saturated carbocycles. The quantitative estimate of drug-likeness (QED) is 0.462. The number of H-pyrrole nitrogens is 1. The molecule has 0 bridgehead atoms. The van der Waals surface area contributed by atoms with Crippen LogP contribution in [0.1, 0.15) is 23.4 Å². The van der Waals surface area contributed by atoms with Crippen molar-refractivity contribution in [2.75, 3.05) is 23.8 Å². The molecule has 0 saturated heterocycles. The summed E-state index contributed by atoms with van der Waals surface area (Å²) in [5.74, 6) is 0.680. The van der Waals surface area contributed by atoms with E-state index in [0.717, 1.165) is 53.7 Å². The van der Waals surface area contributed by atoms with Crippen molar-refractivity contribution in [3.8, 4) is 11.5 Å². The summed E-state index contributed by atoms with van der Waals surface area (Å²) in [6, 6.07) is 3.85. The Balaban J connectivity index is 1.37. The third-order valence-corrected chi connectivity index (χ3v) is 5.55. The number of hydrogen-bond acceptors (Lipinski definition) is 7. The largest absolute Gasteiger partial charge is 0.433 e. The first-order valence-corrected chi connectivity index (χ1v) is 10.5. The van der Waals surface area contributed by atoms with E-state index in [2.05, 4.69) is 25.5 Å². The van der Waals surface area contributed by atoms with Gasteiger partial charge in [0.1, 0.15) is 17.2 Å². The van der Waals surface area contributed by atoms with Crippen LogP contribution in [0.15, 0.2) is 36.8 Å². The minimum absolute atomic E-state index is 0.0574. The standard InChI is InChI=1S/C22H19F3N8O/c1-33(11-19(34)29-13-5-6-18(27-9-13)22(23,24)25)21-14-3-2-4-15(14)30-20(31-21)16-7-12-8-28-32-17(12)10-26-16/h5-10H,2-4,11H2,1H3,(H,28,32)(H,29,34). The van der Waals surface area contributed by atoms with Crippen LogP contribution in [0.2, 0.25) is 0 Å². The number of anilines is 2. The topological polar surface area (TPSA) is 113 Å². The number of nitrogens with one attached hydrogen (secondary N) is 2. The predicted molar refractivity (Wildman–Crippen MR) is 118 cm³/mol. The molecular weight excluding hydrogens is 449 g/mol. The monoisotopic (exact) mass is 468 g/mol. The summed E-state index contributed by atoms with van der Waals surface area (Å²) < 4.78 is 38.1. The molecule has 0 radical (unpaired) electrons. The second-order valence-corrected chi connectivity index (χ2v) is 8.01. The van der Waals surface area contributed by atoms with Crippen LogP contribution in [0.3, 0.4) is 0 Å². The highest BCUT2D eigenvalue weighted by molar-refractivity contribution is 5.94. The minimum atomic E-state index is -4.54. The van der Waals surface area contributed by atoms with Gasteiger partial charge in [0.15, 0.2) is 5.82 Å². The summed E-state index contributed by atoms with van der Waals surface area (Å²) in [5, 5.41) is 10.3. The van der Waals surface area contributed by atoms with Crippen LogP contribution in [0.25, 0.3) is 22.4 Å². The fraction of sp³-hybridized carbons (Fsp3) is 0.273. The molecule has 1 amide bonds. The van der Waals surface area contributed by atoms with Gasteiger partial charge in [0.05, 0.1) is 36.3 Å². The van der Waals surface area contributed by atoms with Crippen LogP contribution in [-0.2, 0) is 23.8 Å². The van der Waals surface area contributed by atoms with E-state index in [-0.39, 0.29) is 12.2 Å². The number of aromatic amines is 1. The fourth-order valence-corrected chi connectivity index (χ4v) is 3.93. The number of alkyl halides is 3. The highest BCUT2D eigenvalue weighted by atomic mass is 19.4. The second-order valence-electron chi connectivity index (χ2n) is 8.01. The van der Waals surface area contributed by atoms with Crippen LogP contribution in [0.4, 0.5) is 24.7 Å². The van der Waals surface area contributed by atoms with E-state index < -0.39 is 17.8 Å². The van der Waals surface area contributed by atoms with Gasteiger partial charge in [-0.15, -0.1) is 0 Å². The Hall–Kier alpha value is -4.09. The van der Waals surface area contributed by atoms with Crippen LogP contribution < -0.4 is 10.2 Å². The molecule has 9 nitrogen and oxygen atoms in total. The number of aromatic nitrogens is 6. The lowest BCUT2D eigenvalue weighted by molar-refractivity contribution is -0.141. The normalized spacial score (nSPS) is 13.2. The number of amides is 1. The summed E-state index contributed by atoms with van der Waals surface area (Å²) in [4.78, 5) is 31.5. The first kappa shape index (κ1) is 21.7. The number of hydrogen-bond donors (Lipinski definition) is 2. The van der Waals surface area contributed by atoms with Gasteiger partial charge in [-0.3, -0.25) is 14.9 Å². The average Bonchev–Trinajstić information content (AvgIpc) is 3.46. The molecule has 0 fully saturated rings. The smallest absolute Gasteiger partial charge is 0.350 e. The maximum absolute atomic E-state index is 12.7. The molecule has 0 spiro atoms. The molecule has 0 aliphatic heterocycles. The summed E-state index contributed by atoms with van der Waals surface area (Å²) in [5.41, 5.74) is 2.47. The van der Waals surface area contributed by atoms with Crippen LogP contribution >= 0.6 is 0 Å². The first-order chi connectivity index (χ1) is 16.3. The Morgan fingerprint density at radius 2 is 2.00 bits per heavy atom. The Morgan fingerprint density at radius 3 is 2.76 bits per heavy atom. The lowest BCUT2D eigenvalue weighted by Crippen LogP contribution is -2.31. The van der Waals surface area contributed by atoms with E-state index in [1.165, 1.54) is 6.07 Å². The average molecular weight is 468 g/mol. The number of rotatable bonds is 5. The molecule has 4 heterocycles. The van der Waals surface area contributed by atoms with E-state index in [1.807, 2.05) is 6.07 Å². The molecule has 4 aromatic heterocycles. The Bertz CT molecular complexity index is 1370. The highest BCUT2D eigenvalue weighted by Crippen LogP contribution is 2.31. The molecule has 174 valence electrons. The zero-order chi connectivity index (χ0) is 23.9. The zero-order valence-corrected chi connectivity index (χ0v) is 18.0. The fourth-order valence-electron chi connectivity index (χ4n) is 3.93. The number of likely N-dealkylation sites (N-methyl/N-ethyl adjacent to an activating group) is 1. The molecule has 0 atom stereocenters. The molecule has 0 aromatic carbocycles. The van der Waals surface area contributed by atoms with Gasteiger partial charge in [0, 0.05) is 23.7 Å². The number of carbonyl (C=O) groups is 1. The number of nitrogens with zero attached hydrogens (tertiary/aromatic N) is 6. The van der Waals surface area contributed by atoms with Crippen molar-refractivity contribution in [1.29, 1.82) is 0 Å². The van der Waals surface area contributed by atoms with Gasteiger partial charge in [0.25, 0.3) is 0 Å². The van der Waals surface area contributed by atoms with Gasteiger partial charge in [-0.2, -0.15) is 18.3 Å². The molecule has 1 aliphatic rings. The third-order valence-electron chi connectivity index (χ3n) is 5.55. The van der Waals surface area contributed by atoms with E-state index in [9.17, 15) is 18.0 Å². The minimum Gasteiger partial charge on any atom is -0.350 e. The van der Waals surface area contributed by atoms with E-state index in [4.69, 9.17) is 9.97 Å². The summed E-state index contributed by atoms with van der Waals surface area (Å²) in [7, 11) is 1.74. The lowest BCUT2D eigenvalue weighted by Gasteiger charge is -2.21. The molecule has 34 heavy (non-hydrogen) atoms. The third kappa shape index (κ3) is 4.26. The number of carbonyl (C=O) groups excluding carboxylic acids is 1. The molecule has 0 unspecified atom stereocenters. The SMILES string of the molecule is CN(CC(=O)Nc1ccc(C(F)(F)F)nc1)c1nc(-c2cc3cn[nH]c3cn2)nc2c1CCC2. The van der Waals surface area contributed by atoms with Gasteiger partial charge in [0.2, 0.25) is 5.91 Å². The van der Waals surface area contributed by atoms with Gasteiger partial charge < -0.3 is 10.2 Å². The van der Waals surface area contributed by atoms with Crippen molar-refractivity contribution in [3.63, 3.8) is 0 Å². The second kappa shape index (κ2) is 8.36. The number of aryl methyl sites for hydroxylation is 1. The molecule has 5 rings (SSSR count). The number of fused-ring (bicyclic) bond motifs is 2. The Labute approximate surface area is 191 Å². The summed E-state index contributed by atoms with van der Waals surface area (Å²) >= 11 is 0. The van der Waals surface area contributed by atoms with Crippen molar-refractivity contribution in [2.24, 2.45) is 0 Å². The molecule has 1 aliphatic carbocycles. The van der Waals surface area contributed by atoms with Crippen LogP contribution in [-0.4, -0.2) is 49.6 Å². The Kier molecular flexibility index (Phi) is 5.34. The van der Waals surface area contributed by atoms with Crippen molar-refractivity contribution in [1.82, 2.24) is 30.1 Å². The number of pyridine rings is 2. The van der Waals surface area contributed by atoms with E-state index >= 15 is 0 Å². The first-order valence-electron chi connectivity index (χ1n) is 10.5. The van der Waals surface area contributed by atoms with E-state index in [0.29, 0.717) is 17.3 Å².